The van der Waals surface area contributed by atoms with Crippen molar-refractivity contribution < 1.29 is 4.74 Å². The Balaban J connectivity index is 1.66. The van der Waals surface area contributed by atoms with Gasteiger partial charge in [-0.15, -0.1) is 10.2 Å². The van der Waals surface area contributed by atoms with Gasteiger partial charge in [0.2, 0.25) is 0 Å². The molecule has 3 aromatic rings. The quantitative estimate of drug-likeness (QED) is 0.402. The zero-order valence-corrected chi connectivity index (χ0v) is 16.4. The Morgan fingerprint density at radius 1 is 1.08 bits per heavy atom. The molecule has 0 unspecified atom stereocenters. The number of rotatable bonds is 8. The van der Waals surface area contributed by atoms with Crippen LogP contribution in [0.1, 0.15) is 30.9 Å². The van der Waals surface area contributed by atoms with Gasteiger partial charge in [0.1, 0.15) is 5.75 Å². The maximum atomic E-state index is 5.72. The number of thioether (sulfide) groups is 1. The summed E-state index contributed by atoms with van der Waals surface area (Å²) in [7, 11) is 2.01. The lowest BCUT2D eigenvalue weighted by Gasteiger charge is -2.07. The van der Waals surface area contributed by atoms with E-state index < -0.39 is 0 Å². The normalized spacial score (nSPS) is 10.9. The second-order valence-electron chi connectivity index (χ2n) is 6.37. The van der Waals surface area contributed by atoms with Gasteiger partial charge in [-0.3, -0.25) is 0 Å². The first-order valence-electron chi connectivity index (χ1n) is 8.98. The largest absolute Gasteiger partial charge is 0.494 e. The van der Waals surface area contributed by atoms with Crippen LogP contribution in [0.25, 0.3) is 11.4 Å². The molecule has 3 rings (SSSR count). The number of ether oxygens (including phenoxy) is 1. The Morgan fingerprint density at radius 3 is 2.62 bits per heavy atom. The van der Waals surface area contributed by atoms with Crippen LogP contribution in [0, 0.1) is 6.92 Å². The van der Waals surface area contributed by atoms with E-state index in [1.165, 1.54) is 11.1 Å². The average molecular weight is 368 g/mol. The van der Waals surface area contributed by atoms with Gasteiger partial charge in [0.05, 0.1) is 6.61 Å². The molecule has 0 amide bonds. The molecule has 0 saturated carbocycles. The summed E-state index contributed by atoms with van der Waals surface area (Å²) in [5.74, 6) is 2.66. The van der Waals surface area contributed by atoms with Crippen LogP contribution < -0.4 is 4.74 Å². The molecule has 0 fully saturated rings. The molecule has 0 N–H and O–H groups in total. The molecule has 26 heavy (non-hydrogen) atoms. The van der Waals surface area contributed by atoms with E-state index in [0.29, 0.717) is 0 Å². The first kappa shape index (κ1) is 18.5. The third kappa shape index (κ3) is 4.67. The maximum Gasteiger partial charge on any atom is 0.191 e. The molecule has 0 aliphatic rings. The molecule has 0 bridgehead atoms. The van der Waals surface area contributed by atoms with Crippen LogP contribution in [0.4, 0.5) is 0 Å². The summed E-state index contributed by atoms with van der Waals surface area (Å²) < 4.78 is 7.77. The van der Waals surface area contributed by atoms with Gasteiger partial charge in [-0.05, 0) is 43.2 Å². The molecule has 0 saturated heterocycles. The lowest BCUT2D eigenvalue weighted by molar-refractivity contribution is 0.309. The van der Waals surface area contributed by atoms with Crippen molar-refractivity contribution in [1.82, 2.24) is 14.8 Å². The van der Waals surface area contributed by atoms with E-state index in [-0.39, 0.29) is 0 Å². The Morgan fingerprint density at radius 2 is 1.88 bits per heavy atom. The summed E-state index contributed by atoms with van der Waals surface area (Å²) in [6, 6.07) is 16.6. The van der Waals surface area contributed by atoms with E-state index in [4.69, 9.17) is 4.74 Å². The highest BCUT2D eigenvalue weighted by Crippen LogP contribution is 2.26. The summed E-state index contributed by atoms with van der Waals surface area (Å²) in [5, 5.41) is 9.65. The van der Waals surface area contributed by atoms with Crippen LogP contribution in [0.5, 0.6) is 5.75 Å². The lowest BCUT2D eigenvalue weighted by atomic mass is 10.2. The minimum atomic E-state index is 0.763. The summed E-state index contributed by atoms with van der Waals surface area (Å²) in [4.78, 5) is 0. The van der Waals surface area contributed by atoms with Crippen molar-refractivity contribution in [2.75, 3.05) is 6.61 Å². The molecular formula is C21H25N3OS. The molecule has 0 aliphatic heterocycles. The van der Waals surface area contributed by atoms with Gasteiger partial charge in [0, 0.05) is 18.4 Å². The maximum absolute atomic E-state index is 5.72. The van der Waals surface area contributed by atoms with Crippen LogP contribution in [-0.4, -0.2) is 21.4 Å². The number of unbranched alkanes of at least 4 members (excludes halogenated alkanes) is 1. The molecule has 1 heterocycles. The molecule has 0 aliphatic carbocycles. The fourth-order valence-corrected chi connectivity index (χ4v) is 3.53. The van der Waals surface area contributed by atoms with Crippen molar-refractivity contribution in [3.05, 3.63) is 59.7 Å². The first-order valence-corrected chi connectivity index (χ1v) is 9.97. The van der Waals surface area contributed by atoms with Crippen molar-refractivity contribution in [2.45, 2.75) is 37.6 Å². The van der Waals surface area contributed by atoms with E-state index in [2.05, 4.69) is 48.3 Å². The molecule has 1 aromatic heterocycles. The number of hydrogen-bond donors (Lipinski definition) is 0. The van der Waals surface area contributed by atoms with Crippen LogP contribution in [0.2, 0.25) is 0 Å². The predicted octanol–water partition coefficient (Wildman–Crippen LogP) is 5.26. The zero-order chi connectivity index (χ0) is 18.4. The van der Waals surface area contributed by atoms with Crippen molar-refractivity contribution >= 4 is 11.8 Å². The standard InChI is InChI=1S/C21H25N3OS/c1-4-5-13-25-19-11-9-18(10-12-19)20-22-23-21(24(20)3)26-15-17-8-6-7-16(2)14-17/h6-12,14H,4-5,13,15H2,1-3H3. The molecular weight excluding hydrogens is 342 g/mol. The van der Waals surface area contributed by atoms with Crippen LogP contribution in [0.3, 0.4) is 0 Å². The molecule has 136 valence electrons. The van der Waals surface area contributed by atoms with E-state index >= 15 is 0 Å². The topological polar surface area (TPSA) is 39.9 Å². The fraction of sp³-hybridized carbons (Fsp3) is 0.333. The smallest absolute Gasteiger partial charge is 0.191 e. The molecule has 0 spiro atoms. The predicted molar refractivity (Wildman–Crippen MR) is 108 cm³/mol. The van der Waals surface area contributed by atoms with Gasteiger partial charge in [0.15, 0.2) is 11.0 Å². The SMILES string of the molecule is CCCCOc1ccc(-c2nnc(SCc3cccc(C)c3)n2C)cc1. The van der Waals surface area contributed by atoms with E-state index in [1.54, 1.807) is 11.8 Å². The monoisotopic (exact) mass is 367 g/mol. The minimum Gasteiger partial charge on any atom is -0.494 e. The van der Waals surface area contributed by atoms with Gasteiger partial charge >= 0.3 is 0 Å². The number of benzene rings is 2. The lowest BCUT2D eigenvalue weighted by Crippen LogP contribution is -1.97. The summed E-state index contributed by atoms with van der Waals surface area (Å²) in [5.41, 5.74) is 3.63. The first-order chi connectivity index (χ1) is 12.7. The minimum absolute atomic E-state index is 0.763. The number of aryl methyl sites for hydroxylation is 1. The van der Waals surface area contributed by atoms with Crippen molar-refractivity contribution in [3.8, 4) is 17.1 Å². The summed E-state index contributed by atoms with van der Waals surface area (Å²) >= 11 is 1.71. The Kier molecular flexibility index (Phi) is 6.34. The highest BCUT2D eigenvalue weighted by atomic mass is 32.2. The molecule has 0 atom stereocenters. The van der Waals surface area contributed by atoms with E-state index in [0.717, 1.165) is 47.5 Å². The second kappa shape index (κ2) is 8.90. The zero-order valence-electron chi connectivity index (χ0n) is 15.6. The van der Waals surface area contributed by atoms with E-state index in [9.17, 15) is 0 Å². The van der Waals surface area contributed by atoms with Crippen molar-refractivity contribution in [3.63, 3.8) is 0 Å². The highest BCUT2D eigenvalue weighted by molar-refractivity contribution is 7.98. The van der Waals surface area contributed by atoms with Gasteiger partial charge < -0.3 is 9.30 Å². The third-order valence-corrected chi connectivity index (χ3v) is 5.26. The van der Waals surface area contributed by atoms with Crippen LogP contribution in [0.15, 0.2) is 53.7 Å². The van der Waals surface area contributed by atoms with Gasteiger partial charge in [0.25, 0.3) is 0 Å². The Labute approximate surface area is 159 Å². The fourth-order valence-electron chi connectivity index (χ4n) is 2.68. The molecule has 5 heteroatoms. The van der Waals surface area contributed by atoms with E-state index in [1.807, 2.05) is 35.9 Å². The van der Waals surface area contributed by atoms with Crippen molar-refractivity contribution in [2.24, 2.45) is 7.05 Å². The summed E-state index contributed by atoms with van der Waals surface area (Å²) in [6.07, 6.45) is 2.21. The Bertz CT molecular complexity index is 843. The summed E-state index contributed by atoms with van der Waals surface area (Å²) in [6.45, 7) is 5.04. The average Bonchev–Trinajstić information content (AvgIpc) is 3.01. The molecule has 0 radical (unpaired) electrons. The second-order valence-corrected chi connectivity index (χ2v) is 7.31. The molecule has 4 nitrogen and oxygen atoms in total. The molecule has 2 aromatic carbocycles. The third-order valence-electron chi connectivity index (χ3n) is 4.16. The van der Waals surface area contributed by atoms with Gasteiger partial charge in [-0.25, -0.2) is 0 Å². The van der Waals surface area contributed by atoms with Crippen LogP contribution >= 0.6 is 11.8 Å². The number of aromatic nitrogens is 3. The van der Waals surface area contributed by atoms with Gasteiger partial charge in [-0.2, -0.15) is 0 Å². The number of nitrogens with zero attached hydrogens (tertiary/aromatic N) is 3. The number of hydrogen-bond acceptors (Lipinski definition) is 4. The van der Waals surface area contributed by atoms with Gasteiger partial charge in [-0.1, -0.05) is 54.9 Å². The highest BCUT2D eigenvalue weighted by Gasteiger charge is 2.11. The van der Waals surface area contributed by atoms with Crippen molar-refractivity contribution in [1.29, 1.82) is 0 Å². The Hall–Kier alpha value is -2.27. The van der Waals surface area contributed by atoms with Crippen LogP contribution in [-0.2, 0) is 12.8 Å².